The molecule has 1 aromatic rings. The molecule has 0 aliphatic heterocycles. The second-order valence-corrected chi connectivity index (χ2v) is 5.51. The Labute approximate surface area is 108 Å². The highest BCUT2D eigenvalue weighted by Crippen LogP contribution is 2.33. The van der Waals surface area contributed by atoms with Crippen molar-refractivity contribution < 1.29 is 0 Å². The Morgan fingerprint density at radius 3 is 2.83 bits per heavy atom. The molecule has 2 unspecified atom stereocenters. The summed E-state index contributed by atoms with van der Waals surface area (Å²) in [4.78, 5) is 16.4. The first-order chi connectivity index (χ1) is 8.61. The van der Waals surface area contributed by atoms with E-state index < -0.39 is 0 Å². The van der Waals surface area contributed by atoms with Gasteiger partial charge in [-0.25, -0.2) is 4.98 Å². The van der Waals surface area contributed by atoms with E-state index in [-0.39, 0.29) is 11.6 Å². The molecule has 1 saturated carbocycles. The van der Waals surface area contributed by atoms with Crippen LogP contribution in [0.4, 0.5) is 5.82 Å². The van der Waals surface area contributed by atoms with Crippen molar-refractivity contribution in [2.45, 2.75) is 58.5 Å². The second-order valence-electron chi connectivity index (χ2n) is 5.51. The van der Waals surface area contributed by atoms with Gasteiger partial charge in [0.05, 0.1) is 0 Å². The van der Waals surface area contributed by atoms with Crippen molar-refractivity contribution in [1.29, 1.82) is 0 Å². The molecule has 1 aliphatic carbocycles. The van der Waals surface area contributed by atoms with Crippen LogP contribution < -0.4 is 10.9 Å². The van der Waals surface area contributed by atoms with Crippen LogP contribution in [0.25, 0.3) is 0 Å². The Bertz CT molecular complexity index is 451. The van der Waals surface area contributed by atoms with Crippen LogP contribution in [-0.2, 0) is 0 Å². The molecule has 2 atom stereocenters. The normalized spacial score (nSPS) is 18.4. The van der Waals surface area contributed by atoms with Gasteiger partial charge in [-0.1, -0.05) is 20.3 Å². The zero-order chi connectivity index (χ0) is 13.1. The summed E-state index contributed by atoms with van der Waals surface area (Å²) in [5.41, 5.74) is 0.0241. The van der Waals surface area contributed by atoms with Crippen LogP contribution in [0.15, 0.2) is 17.2 Å². The molecule has 0 radical (unpaired) electrons. The standard InChI is InChI=1S/C14H23N3O/c1-4-10(2)9-11(3)16-13-14(18)17(8-7-15-13)12-5-6-12/h7-8,10-12H,4-6,9H2,1-3H3,(H,15,16). The zero-order valence-electron chi connectivity index (χ0n) is 11.5. The van der Waals surface area contributed by atoms with E-state index in [1.54, 1.807) is 12.4 Å². The van der Waals surface area contributed by atoms with Crippen molar-refractivity contribution in [3.8, 4) is 0 Å². The van der Waals surface area contributed by atoms with E-state index >= 15 is 0 Å². The van der Waals surface area contributed by atoms with Crippen LogP contribution >= 0.6 is 0 Å². The fourth-order valence-corrected chi connectivity index (χ4v) is 2.23. The molecule has 4 nitrogen and oxygen atoms in total. The maximum atomic E-state index is 12.2. The molecule has 1 aliphatic rings. The minimum Gasteiger partial charge on any atom is -0.363 e. The number of hydrogen-bond donors (Lipinski definition) is 1. The summed E-state index contributed by atoms with van der Waals surface area (Å²) < 4.78 is 1.81. The Balaban J connectivity index is 2.05. The Morgan fingerprint density at radius 1 is 1.50 bits per heavy atom. The van der Waals surface area contributed by atoms with Gasteiger partial charge in [0.15, 0.2) is 5.82 Å². The minimum absolute atomic E-state index is 0.0241. The monoisotopic (exact) mass is 249 g/mol. The SMILES string of the molecule is CCC(C)CC(C)Nc1nccn(C2CC2)c1=O. The number of anilines is 1. The van der Waals surface area contributed by atoms with Gasteiger partial charge in [0.1, 0.15) is 0 Å². The quantitative estimate of drug-likeness (QED) is 0.843. The molecule has 0 aromatic carbocycles. The number of nitrogens with zero attached hydrogens (tertiary/aromatic N) is 2. The number of hydrogen-bond acceptors (Lipinski definition) is 3. The fourth-order valence-electron chi connectivity index (χ4n) is 2.23. The zero-order valence-corrected chi connectivity index (χ0v) is 11.5. The van der Waals surface area contributed by atoms with Crippen molar-refractivity contribution >= 4 is 5.82 Å². The fraction of sp³-hybridized carbons (Fsp3) is 0.714. The van der Waals surface area contributed by atoms with E-state index in [1.165, 1.54) is 6.42 Å². The summed E-state index contributed by atoms with van der Waals surface area (Å²) in [6, 6.07) is 0.695. The third-order valence-corrected chi connectivity index (χ3v) is 3.64. The van der Waals surface area contributed by atoms with Crippen LogP contribution in [0.3, 0.4) is 0 Å². The second kappa shape index (κ2) is 5.55. The van der Waals surface area contributed by atoms with Gasteiger partial charge in [0.25, 0.3) is 5.56 Å². The third kappa shape index (κ3) is 3.12. The first kappa shape index (κ1) is 13.1. The molecule has 1 aromatic heterocycles. The predicted octanol–water partition coefficient (Wildman–Crippen LogP) is 2.81. The predicted molar refractivity (Wildman–Crippen MR) is 73.9 cm³/mol. The number of rotatable bonds is 6. The molecule has 2 rings (SSSR count). The lowest BCUT2D eigenvalue weighted by molar-refractivity contribution is 0.482. The van der Waals surface area contributed by atoms with Gasteiger partial charge < -0.3 is 9.88 Å². The molecule has 0 saturated heterocycles. The van der Waals surface area contributed by atoms with Crippen LogP contribution in [0.5, 0.6) is 0 Å². The highest BCUT2D eigenvalue weighted by Gasteiger charge is 2.25. The van der Waals surface area contributed by atoms with Crippen LogP contribution in [0.2, 0.25) is 0 Å². The van der Waals surface area contributed by atoms with Crippen LogP contribution in [0, 0.1) is 5.92 Å². The van der Waals surface area contributed by atoms with Crippen LogP contribution in [0.1, 0.15) is 52.5 Å². The van der Waals surface area contributed by atoms with Crippen molar-refractivity contribution in [2.24, 2.45) is 5.92 Å². The highest BCUT2D eigenvalue weighted by molar-refractivity contribution is 5.32. The first-order valence-electron chi connectivity index (χ1n) is 6.95. The largest absolute Gasteiger partial charge is 0.363 e. The molecule has 0 amide bonds. The Hall–Kier alpha value is -1.32. The average molecular weight is 249 g/mol. The maximum Gasteiger partial charge on any atom is 0.293 e. The van der Waals surface area contributed by atoms with Crippen molar-refractivity contribution in [2.75, 3.05) is 5.32 Å². The lowest BCUT2D eigenvalue weighted by Crippen LogP contribution is -2.28. The highest BCUT2D eigenvalue weighted by atomic mass is 16.1. The molecule has 18 heavy (non-hydrogen) atoms. The topological polar surface area (TPSA) is 46.9 Å². The molecular weight excluding hydrogens is 226 g/mol. The summed E-state index contributed by atoms with van der Waals surface area (Å²) in [6.45, 7) is 6.54. The van der Waals surface area contributed by atoms with Gasteiger partial charge in [0.2, 0.25) is 0 Å². The summed E-state index contributed by atoms with van der Waals surface area (Å²) in [7, 11) is 0. The van der Waals surface area contributed by atoms with Gasteiger partial charge in [-0.2, -0.15) is 0 Å². The van der Waals surface area contributed by atoms with E-state index in [4.69, 9.17) is 0 Å². The summed E-state index contributed by atoms with van der Waals surface area (Å²) in [5, 5.41) is 3.25. The van der Waals surface area contributed by atoms with Gasteiger partial charge in [-0.3, -0.25) is 4.79 Å². The number of nitrogens with one attached hydrogen (secondary N) is 1. The van der Waals surface area contributed by atoms with Crippen LogP contribution in [-0.4, -0.2) is 15.6 Å². The van der Waals surface area contributed by atoms with Crippen molar-refractivity contribution in [3.63, 3.8) is 0 Å². The number of aromatic nitrogens is 2. The van der Waals surface area contributed by atoms with E-state index in [1.807, 2.05) is 4.57 Å². The molecule has 1 N–H and O–H groups in total. The first-order valence-corrected chi connectivity index (χ1v) is 6.95. The Kier molecular flexibility index (Phi) is 4.04. The smallest absolute Gasteiger partial charge is 0.293 e. The van der Waals surface area contributed by atoms with E-state index in [0.717, 1.165) is 19.3 Å². The molecule has 1 fully saturated rings. The molecular formula is C14H23N3O. The molecule has 0 bridgehead atoms. The van der Waals surface area contributed by atoms with Gasteiger partial charge in [0, 0.05) is 24.5 Å². The van der Waals surface area contributed by atoms with Gasteiger partial charge in [-0.05, 0) is 32.1 Å². The third-order valence-electron chi connectivity index (χ3n) is 3.64. The van der Waals surface area contributed by atoms with E-state index in [9.17, 15) is 4.79 Å². The molecule has 4 heteroatoms. The van der Waals surface area contributed by atoms with Gasteiger partial charge >= 0.3 is 0 Å². The van der Waals surface area contributed by atoms with Gasteiger partial charge in [-0.15, -0.1) is 0 Å². The summed E-state index contributed by atoms with van der Waals surface area (Å²) >= 11 is 0. The summed E-state index contributed by atoms with van der Waals surface area (Å²) in [6.07, 6.45) is 7.98. The Morgan fingerprint density at radius 2 is 2.22 bits per heavy atom. The maximum absolute atomic E-state index is 12.2. The van der Waals surface area contributed by atoms with E-state index in [0.29, 0.717) is 17.8 Å². The average Bonchev–Trinajstić information content (AvgIpc) is 3.15. The lowest BCUT2D eigenvalue weighted by Gasteiger charge is -2.18. The molecule has 1 heterocycles. The molecule has 100 valence electrons. The minimum atomic E-state index is 0.0241. The van der Waals surface area contributed by atoms with Crippen molar-refractivity contribution in [3.05, 3.63) is 22.7 Å². The lowest BCUT2D eigenvalue weighted by atomic mass is 10.0. The van der Waals surface area contributed by atoms with Crippen molar-refractivity contribution in [1.82, 2.24) is 9.55 Å². The van der Waals surface area contributed by atoms with E-state index in [2.05, 4.69) is 31.1 Å². The molecule has 0 spiro atoms. The summed E-state index contributed by atoms with van der Waals surface area (Å²) in [5.74, 6) is 1.17.